The Bertz CT molecular complexity index is 740. The second kappa shape index (κ2) is 9.79. The van der Waals surface area contributed by atoms with Crippen molar-refractivity contribution in [3.05, 3.63) is 35.5 Å². The fraction of sp³-hybridized carbons (Fsp3) is 0.800. The van der Waals surface area contributed by atoms with E-state index in [0.29, 0.717) is 17.3 Å². The predicted molar refractivity (Wildman–Crippen MR) is 137 cm³/mol. The molecule has 0 aromatic rings. The molecule has 1 heterocycles. The molecular weight excluding hydrogens is 392 g/mol. The van der Waals surface area contributed by atoms with E-state index in [1.165, 1.54) is 42.4 Å². The zero-order valence-corrected chi connectivity index (χ0v) is 22.1. The molecule has 1 N–H and O–H groups in total. The second-order valence-corrected chi connectivity index (χ2v) is 12.6. The topological polar surface area (TPSA) is 29.5 Å². The molecule has 2 aliphatic carbocycles. The molecule has 3 fully saturated rings. The summed E-state index contributed by atoms with van der Waals surface area (Å²) in [5, 5.41) is 10.7. The fourth-order valence-electron chi connectivity index (χ4n) is 7.47. The maximum absolute atomic E-state index is 10.7. The van der Waals surface area contributed by atoms with Gasteiger partial charge in [0.2, 0.25) is 0 Å². The lowest BCUT2D eigenvalue weighted by atomic mass is 9.52. The Balaban J connectivity index is 1.64. The molecule has 3 aliphatic rings. The van der Waals surface area contributed by atoms with Gasteiger partial charge in [0.1, 0.15) is 0 Å². The number of hydrogen-bond acceptors (Lipinski definition) is 2. The summed E-state index contributed by atoms with van der Waals surface area (Å²) in [5.41, 5.74) is 4.45. The first kappa shape index (κ1) is 25.8. The highest BCUT2D eigenvalue weighted by atomic mass is 16.5. The van der Waals surface area contributed by atoms with Crippen molar-refractivity contribution < 1.29 is 9.84 Å². The molecule has 32 heavy (non-hydrogen) atoms. The summed E-state index contributed by atoms with van der Waals surface area (Å²) in [6.07, 6.45) is 16.1. The quantitative estimate of drug-likeness (QED) is 0.403. The van der Waals surface area contributed by atoms with Crippen LogP contribution in [0.25, 0.3) is 0 Å². The second-order valence-electron chi connectivity index (χ2n) is 12.6. The van der Waals surface area contributed by atoms with Crippen LogP contribution in [0.2, 0.25) is 0 Å². The zero-order valence-electron chi connectivity index (χ0n) is 22.1. The van der Waals surface area contributed by atoms with E-state index in [1.807, 2.05) is 0 Å². The Morgan fingerprint density at radius 1 is 0.906 bits per heavy atom. The minimum Gasteiger partial charge on any atom is -0.390 e. The molecule has 2 heteroatoms. The van der Waals surface area contributed by atoms with Gasteiger partial charge >= 0.3 is 0 Å². The van der Waals surface area contributed by atoms with E-state index in [9.17, 15) is 5.11 Å². The number of aliphatic hydroxyl groups excluding tert-OH is 1. The van der Waals surface area contributed by atoms with Crippen molar-refractivity contribution >= 4 is 0 Å². The van der Waals surface area contributed by atoms with Crippen LogP contribution < -0.4 is 0 Å². The molecule has 1 aliphatic heterocycles. The molecule has 0 amide bonds. The van der Waals surface area contributed by atoms with Gasteiger partial charge in [-0.3, -0.25) is 0 Å². The summed E-state index contributed by atoms with van der Waals surface area (Å²) < 4.78 is 6.62. The van der Waals surface area contributed by atoms with E-state index >= 15 is 0 Å². The standard InChI is InChI=1S/C30H50O2/c1-21(2)11-9-12-22(3)13-10-14-23(4)24-15-16-25-29(24,7)20-18-27-30(25,8)19-17-26(31)28(5,6)32-27/h11,13,24-27,31H,4,9-10,12,14-20H2,1-3,5-8H3/b22-13+/t24-,25+,26-,27-,29+,30-/m1/s1. The summed E-state index contributed by atoms with van der Waals surface area (Å²) in [4.78, 5) is 0. The van der Waals surface area contributed by atoms with Crippen molar-refractivity contribution in [3.63, 3.8) is 0 Å². The summed E-state index contributed by atoms with van der Waals surface area (Å²) >= 11 is 0. The highest BCUT2D eigenvalue weighted by Crippen LogP contribution is 2.66. The monoisotopic (exact) mass is 442 g/mol. The highest BCUT2D eigenvalue weighted by Gasteiger charge is 2.61. The predicted octanol–water partition coefficient (Wildman–Crippen LogP) is 8.17. The molecule has 0 aromatic carbocycles. The largest absolute Gasteiger partial charge is 0.390 e. The number of allylic oxidation sites excluding steroid dienone is 5. The summed E-state index contributed by atoms with van der Waals surface area (Å²) in [7, 11) is 0. The Morgan fingerprint density at radius 2 is 1.56 bits per heavy atom. The van der Waals surface area contributed by atoms with Crippen LogP contribution in [-0.2, 0) is 4.74 Å². The molecule has 6 atom stereocenters. The van der Waals surface area contributed by atoms with Gasteiger partial charge in [0.25, 0.3) is 0 Å². The molecule has 0 aromatic heterocycles. The maximum Gasteiger partial charge on any atom is 0.0888 e. The fourth-order valence-corrected chi connectivity index (χ4v) is 7.47. The SMILES string of the molecule is C=C(CC/C=C(\C)CCC=C(C)C)[C@H]1CC[C@H]2[C@@]1(C)CC[C@H]1OC(C)(C)[C@H](O)CC[C@]21C. The third kappa shape index (κ3) is 5.12. The first-order valence-electron chi connectivity index (χ1n) is 13.2. The van der Waals surface area contributed by atoms with Gasteiger partial charge in [-0.1, -0.05) is 49.3 Å². The summed E-state index contributed by atoms with van der Waals surface area (Å²) in [6, 6.07) is 0. The summed E-state index contributed by atoms with van der Waals surface area (Å²) in [5.74, 6) is 1.30. The average molecular weight is 443 g/mol. The normalized spacial score (nSPS) is 39.1. The van der Waals surface area contributed by atoms with E-state index in [0.717, 1.165) is 38.5 Å². The van der Waals surface area contributed by atoms with E-state index in [2.05, 4.69) is 67.2 Å². The maximum atomic E-state index is 10.7. The van der Waals surface area contributed by atoms with E-state index in [4.69, 9.17) is 4.74 Å². The first-order valence-corrected chi connectivity index (χ1v) is 13.2. The van der Waals surface area contributed by atoms with E-state index in [-0.39, 0.29) is 17.6 Å². The van der Waals surface area contributed by atoms with Crippen LogP contribution in [0.4, 0.5) is 0 Å². The Hall–Kier alpha value is -0.860. The van der Waals surface area contributed by atoms with Crippen molar-refractivity contribution in [2.45, 2.75) is 130 Å². The summed E-state index contributed by atoms with van der Waals surface area (Å²) in [6.45, 7) is 20.4. The molecular formula is C30H50O2. The first-order chi connectivity index (χ1) is 14.9. The molecule has 0 radical (unpaired) electrons. The van der Waals surface area contributed by atoms with Crippen LogP contribution in [-0.4, -0.2) is 22.9 Å². The molecule has 182 valence electrons. The minimum absolute atomic E-state index is 0.165. The number of ether oxygens (including phenoxy) is 1. The molecule has 2 saturated carbocycles. The minimum atomic E-state index is -0.437. The van der Waals surface area contributed by atoms with Gasteiger partial charge in [0.05, 0.1) is 17.8 Å². The van der Waals surface area contributed by atoms with E-state index < -0.39 is 5.60 Å². The number of fused-ring (bicyclic) bond motifs is 3. The van der Waals surface area contributed by atoms with Gasteiger partial charge < -0.3 is 9.84 Å². The van der Waals surface area contributed by atoms with Crippen molar-refractivity contribution in [1.82, 2.24) is 0 Å². The molecule has 3 rings (SSSR count). The Kier molecular flexibility index (Phi) is 7.88. The lowest BCUT2D eigenvalue weighted by molar-refractivity contribution is -0.186. The molecule has 0 bridgehead atoms. The molecule has 1 saturated heterocycles. The lowest BCUT2D eigenvalue weighted by Crippen LogP contribution is -2.52. The Morgan fingerprint density at radius 3 is 2.25 bits per heavy atom. The number of rotatable bonds is 7. The Labute approximate surface area is 198 Å². The van der Waals surface area contributed by atoms with Crippen LogP contribution in [0, 0.1) is 22.7 Å². The lowest BCUT2D eigenvalue weighted by Gasteiger charge is -2.55. The molecule has 0 spiro atoms. The van der Waals surface area contributed by atoms with Crippen molar-refractivity contribution in [3.8, 4) is 0 Å². The van der Waals surface area contributed by atoms with Crippen LogP contribution in [0.5, 0.6) is 0 Å². The number of hydrogen-bond donors (Lipinski definition) is 1. The van der Waals surface area contributed by atoms with Crippen molar-refractivity contribution in [2.75, 3.05) is 0 Å². The van der Waals surface area contributed by atoms with Gasteiger partial charge in [0, 0.05) is 0 Å². The average Bonchev–Trinajstić information content (AvgIpc) is 3.02. The third-order valence-electron chi connectivity index (χ3n) is 9.56. The van der Waals surface area contributed by atoms with Crippen LogP contribution >= 0.6 is 0 Å². The molecule has 2 nitrogen and oxygen atoms in total. The zero-order chi connectivity index (χ0) is 23.7. The van der Waals surface area contributed by atoms with Gasteiger partial charge in [-0.2, -0.15) is 0 Å². The molecule has 0 unspecified atom stereocenters. The van der Waals surface area contributed by atoms with Crippen LogP contribution in [0.3, 0.4) is 0 Å². The third-order valence-corrected chi connectivity index (χ3v) is 9.56. The van der Waals surface area contributed by atoms with Crippen molar-refractivity contribution in [2.24, 2.45) is 22.7 Å². The van der Waals surface area contributed by atoms with Gasteiger partial charge in [-0.05, 0) is 121 Å². The number of aliphatic hydroxyl groups is 1. The van der Waals surface area contributed by atoms with Gasteiger partial charge in [-0.25, -0.2) is 0 Å². The van der Waals surface area contributed by atoms with E-state index in [1.54, 1.807) is 0 Å². The van der Waals surface area contributed by atoms with Gasteiger partial charge in [-0.15, -0.1) is 0 Å². The van der Waals surface area contributed by atoms with Crippen molar-refractivity contribution in [1.29, 1.82) is 0 Å². The smallest absolute Gasteiger partial charge is 0.0888 e. The van der Waals surface area contributed by atoms with Crippen LogP contribution in [0.1, 0.15) is 113 Å². The van der Waals surface area contributed by atoms with Crippen LogP contribution in [0.15, 0.2) is 35.5 Å². The van der Waals surface area contributed by atoms with Gasteiger partial charge in [0.15, 0.2) is 0 Å². The highest BCUT2D eigenvalue weighted by molar-refractivity contribution is 5.18.